The molecule has 2 atom stereocenters. The van der Waals surface area contributed by atoms with Gasteiger partial charge in [-0.25, -0.2) is 4.79 Å². The highest BCUT2D eigenvalue weighted by molar-refractivity contribution is 7.60. The second-order valence-corrected chi connectivity index (χ2v) is 5.59. The van der Waals surface area contributed by atoms with Crippen LogP contribution in [0.2, 0.25) is 0 Å². The fourth-order valence-corrected chi connectivity index (χ4v) is 2.62. The average Bonchev–Trinajstić information content (AvgIpc) is 2.02. The van der Waals surface area contributed by atoms with E-state index in [1.54, 1.807) is 13.8 Å². The second kappa shape index (κ2) is 4.22. The van der Waals surface area contributed by atoms with E-state index in [1.165, 1.54) is 6.66 Å². The molecule has 0 radical (unpaired) electrons. The maximum absolute atomic E-state index is 11.8. The molecule has 0 saturated carbocycles. The first-order valence-corrected chi connectivity index (χ1v) is 6.13. The lowest BCUT2D eigenvalue weighted by Crippen LogP contribution is -2.47. The zero-order valence-corrected chi connectivity index (χ0v) is 9.01. The minimum atomic E-state index is -3.29. The van der Waals surface area contributed by atoms with Gasteiger partial charge in [-0.15, -0.1) is 0 Å². The maximum atomic E-state index is 11.8. The number of nitrogens with two attached hydrogens (primary N) is 1. The van der Waals surface area contributed by atoms with Crippen molar-refractivity contribution in [2.24, 2.45) is 5.73 Å². The van der Waals surface area contributed by atoms with Gasteiger partial charge in [-0.05, 0) is 13.3 Å². The molecule has 13 heavy (non-hydrogen) atoms. The van der Waals surface area contributed by atoms with Crippen LogP contribution in [0.4, 0.5) is 0 Å². The third-order valence-electron chi connectivity index (χ3n) is 2.01. The molecule has 0 aromatic carbocycles. The average molecular weight is 209 g/mol. The van der Waals surface area contributed by atoms with E-state index >= 15 is 0 Å². The molecule has 3 N–H and O–H groups in total. The van der Waals surface area contributed by atoms with Gasteiger partial charge in [-0.1, -0.05) is 6.92 Å². The Morgan fingerprint density at radius 2 is 2.08 bits per heavy atom. The van der Waals surface area contributed by atoms with Crippen LogP contribution < -0.4 is 5.73 Å². The summed E-state index contributed by atoms with van der Waals surface area (Å²) in [6.07, 6.45) is 0.0795. The molecule has 0 amide bonds. The zero-order chi connectivity index (χ0) is 10.7. The van der Waals surface area contributed by atoms with Crippen LogP contribution in [0.25, 0.3) is 0 Å². The highest BCUT2D eigenvalue weighted by Crippen LogP contribution is 2.54. The Morgan fingerprint density at radius 3 is 2.31 bits per heavy atom. The Balaban J connectivity index is 4.95. The molecule has 6 heteroatoms. The van der Waals surface area contributed by atoms with Crippen LogP contribution in [0, 0.1) is 0 Å². The van der Waals surface area contributed by atoms with Crippen molar-refractivity contribution in [1.29, 1.82) is 0 Å². The first-order chi connectivity index (χ1) is 5.81. The summed E-state index contributed by atoms with van der Waals surface area (Å²) in [5.41, 5.74) is 5.52. The topological polar surface area (TPSA) is 89.6 Å². The second-order valence-electron chi connectivity index (χ2n) is 2.85. The van der Waals surface area contributed by atoms with Crippen molar-refractivity contribution in [3.8, 4) is 0 Å². The van der Waals surface area contributed by atoms with E-state index in [-0.39, 0.29) is 13.0 Å². The zero-order valence-electron chi connectivity index (χ0n) is 8.11. The minimum Gasteiger partial charge on any atom is -0.479 e. The molecule has 0 aromatic rings. The molecule has 0 bridgehead atoms. The monoisotopic (exact) mass is 209 g/mol. The van der Waals surface area contributed by atoms with Gasteiger partial charge >= 0.3 is 5.97 Å². The van der Waals surface area contributed by atoms with Crippen LogP contribution >= 0.6 is 7.37 Å². The highest BCUT2D eigenvalue weighted by atomic mass is 31.2. The molecule has 0 fully saturated rings. The fraction of sp³-hybridized carbons (Fsp3) is 0.857. The lowest BCUT2D eigenvalue weighted by molar-refractivity contribution is -0.140. The molecule has 0 saturated heterocycles. The van der Waals surface area contributed by atoms with Gasteiger partial charge < -0.3 is 15.4 Å². The smallest absolute Gasteiger partial charge is 0.333 e. The van der Waals surface area contributed by atoms with Crippen LogP contribution in [-0.2, 0) is 13.9 Å². The van der Waals surface area contributed by atoms with Crippen molar-refractivity contribution in [2.75, 3.05) is 13.3 Å². The Labute approximate surface area is 77.7 Å². The number of carbonyl (C=O) groups is 1. The van der Waals surface area contributed by atoms with Gasteiger partial charge in [0.05, 0.1) is 6.61 Å². The SMILES string of the molecule is CCOP(C)(=O)C(N)(CC)C(=O)O. The van der Waals surface area contributed by atoms with Crippen molar-refractivity contribution in [3.05, 3.63) is 0 Å². The molecule has 0 spiro atoms. The molecule has 0 rings (SSSR count). The lowest BCUT2D eigenvalue weighted by Gasteiger charge is -2.29. The lowest BCUT2D eigenvalue weighted by atomic mass is 10.2. The van der Waals surface area contributed by atoms with E-state index in [1.807, 2.05) is 0 Å². The quantitative estimate of drug-likeness (QED) is 0.661. The van der Waals surface area contributed by atoms with Gasteiger partial charge in [0.1, 0.15) is 0 Å². The number of carboxylic acid groups (broad SMARTS) is 1. The summed E-state index contributed by atoms with van der Waals surface area (Å²) < 4.78 is 16.7. The van der Waals surface area contributed by atoms with E-state index in [0.29, 0.717) is 0 Å². The van der Waals surface area contributed by atoms with Crippen molar-refractivity contribution in [1.82, 2.24) is 0 Å². The first kappa shape index (κ1) is 12.6. The summed E-state index contributed by atoms with van der Waals surface area (Å²) in [5.74, 6) is -1.28. The van der Waals surface area contributed by atoms with Gasteiger partial charge in [0.15, 0.2) is 5.28 Å². The van der Waals surface area contributed by atoms with E-state index < -0.39 is 18.6 Å². The van der Waals surface area contributed by atoms with Gasteiger partial charge in [0.25, 0.3) is 0 Å². The van der Waals surface area contributed by atoms with Gasteiger partial charge in [0, 0.05) is 6.66 Å². The van der Waals surface area contributed by atoms with Crippen molar-refractivity contribution < 1.29 is 19.0 Å². The van der Waals surface area contributed by atoms with E-state index in [4.69, 9.17) is 15.4 Å². The van der Waals surface area contributed by atoms with Crippen molar-refractivity contribution in [2.45, 2.75) is 25.5 Å². The van der Waals surface area contributed by atoms with Crippen LogP contribution in [0.3, 0.4) is 0 Å². The van der Waals surface area contributed by atoms with Gasteiger partial charge in [-0.3, -0.25) is 4.57 Å². The molecule has 78 valence electrons. The summed E-state index contributed by atoms with van der Waals surface area (Å²) in [6, 6.07) is 0. The molecule has 5 nitrogen and oxygen atoms in total. The standard InChI is InChI=1S/C7H16NO4P/c1-4-7(8,6(9)10)13(3,11)12-5-2/h4-5,8H2,1-3H3,(H,9,10). The predicted octanol–water partition coefficient (Wildman–Crippen LogP) is 1.08. The number of rotatable bonds is 5. The molecule has 0 heterocycles. The molecule has 0 aliphatic heterocycles. The molecule has 0 aliphatic rings. The molecule has 0 aliphatic carbocycles. The Bertz CT molecular complexity index is 243. The Kier molecular flexibility index (Phi) is 4.10. The number of aliphatic carboxylic acids is 1. The predicted molar refractivity (Wildman–Crippen MR) is 50.0 cm³/mol. The maximum Gasteiger partial charge on any atom is 0.333 e. The summed E-state index contributed by atoms with van der Waals surface area (Å²) in [5, 5.41) is 7.06. The third-order valence-corrected chi connectivity index (χ3v) is 4.72. The van der Waals surface area contributed by atoms with E-state index in [9.17, 15) is 9.36 Å². The van der Waals surface area contributed by atoms with Gasteiger partial charge in [-0.2, -0.15) is 0 Å². The van der Waals surface area contributed by atoms with Crippen LogP contribution in [0.15, 0.2) is 0 Å². The summed E-state index contributed by atoms with van der Waals surface area (Å²) in [6.45, 7) is 4.67. The molecule has 2 unspecified atom stereocenters. The molecule has 0 aromatic heterocycles. The van der Waals surface area contributed by atoms with Crippen LogP contribution in [0.1, 0.15) is 20.3 Å². The number of hydrogen-bond acceptors (Lipinski definition) is 4. The Hall–Kier alpha value is -0.380. The van der Waals surface area contributed by atoms with Crippen molar-refractivity contribution in [3.63, 3.8) is 0 Å². The summed E-state index contributed by atoms with van der Waals surface area (Å²) >= 11 is 0. The largest absolute Gasteiger partial charge is 0.479 e. The Morgan fingerprint density at radius 1 is 1.62 bits per heavy atom. The fourth-order valence-electron chi connectivity index (χ4n) is 0.974. The number of hydrogen-bond donors (Lipinski definition) is 2. The highest BCUT2D eigenvalue weighted by Gasteiger charge is 2.48. The van der Waals surface area contributed by atoms with E-state index in [0.717, 1.165) is 0 Å². The molecular formula is C7H16NO4P. The van der Waals surface area contributed by atoms with Crippen LogP contribution in [-0.4, -0.2) is 29.6 Å². The van der Waals surface area contributed by atoms with Crippen molar-refractivity contribution >= 4 is 13.3 Å². The first-order valence-electron chi connectivity index (χ1n) is 4.06. The van der Waals surface area contributed by atoms with Crippen LogP contribution in [0.5, 0.6) is 0 Å². The summed E-state index contributed by atoms with van der Waals surface area (Å²) in [7, 11) is -3.29. The third kappa shape index (κ3) is 2.30. The normalized spacial score (nSPS) is 20.3. The minimum absolute atomic E-state index is 0.0795. The van der Waals surface area contributed by atoms with E-state index in [2.05, 4.69) is 0 Å². The molecular weight excluding hydrogens is 193 g/mol. The number of carboxylic acids is 1. The summed E-state index contributed by atoms with van der Waals surface area (Å²) in [4.78, 5) is 10.8. The van der Waals surface area contributed by atoms with Gasteiger partial charge in [0.2, 0.25) is 7.37 Å².